The summed E-state index contributed by atoms with van der Waals surface area (Å²) < 4.78 is 33.4. The van der Waals surface area contributed by atoms with Crippen molar-refractivity contribution in [2.75, 3.05) is 6.66 Å². The molecule has 0 amide bonds. The van der Waals surface area contributed by atoms with E-state index in [2.05, 4.69) is 0 Å². The van der Waals surface area contributed by atoms with Gasteiger partial charge in [0.25, 0.3) is 0 Å². The highest BCUT2D eigenvalue weighted by Gasteiger charge is 2.59. The van der Waals surface area contributed by atoms with E-state index < -0.39 is 37.4 Å². The molecule has 2 N–H and O–H groups in total. The first-order valence-electron chi connectivity index (χ1n) is 12.8. The first kappa shape index (κ1) is 31.6. The van der Waals surface area contributed by atoms with Crippen LogP contribution in [0.5, 0.6) is 0 Å². The van der Waals surface area contributed by atoms with Crippen molar-refractivity contribution in [2.45, 2.75) is 147 Å². The maximum atomic E-state index is 14.6. The van der Waals surface area contributed by atoms with Crippen molar-refractivity contribution in [1.29, 1.82) is 0 Å². The van der Waals surface area contributed by atoms with E-state index in [1.165, 1.54) is 0 Å². The molecule has 0 aromatic rings. The summed E-state index contributed by atoms with van der Waals surface area (Å²) in [5, 5.41) is 8.78. The van der Waals surface area contributed by atoms with Gasteiger partial charge in [-0.1, -0.05) is 41.5 Å². The third-order valence-corrected chi connectivity index (χ3v) is 13.7. The molecule has 5 unspecified atom stereocenters. The van der Waals surface area contributed by atoms with Crippen molar-refractivity contribution in [3.05, 3.63) is 0 Å². The second-order valence-electron chi connectivity index (χ2n) is 10.2. The second-order valence-corrected chi connectivity index (χ2v) is 14.5. The van der Waals surface area contributed by atoms with Gasteiger partial charge in [0.1, 0.15) is 13.2 Å². The van der Waals surface area contributed by atoms with Crippen LogP contribution >= 0.6 is 15.7 Å². The summed E-state index contributed by atoms with van der Waals surface area (Å²) >= 11 is 0. The van der Waals surface area contributed by atoms with E-state index in [0.29, 0.717) is 44.9 Å². The van der Waals surface area contributed by atoms with Gasteiger partial charge < -0.3 is 23.8 Å². The summed E-state index contributed by atoms with van der Waals surface area (Å²) in [6, 6.07) is -0.244. The van der Waals surface area contributed by atoms with Gasteiger partial charge in [-0.15, -0.1) is 0 Å². The molecule has 0 aromatic carbocycles. The summed E-state index contributed by atoms with van der Waals surface area (Å²) in [5.41, 5.74) is -1.58. The van der Waals surface area contributed by atoms with Crippen LogP contribution in [0.4, 0.5) is 0 Å². The van der Waals surface area contributed by atoms with Crippen molar-refractivity contribution < 1.29 is 28.3 Å². The Balaban J connectivity index is 3.34. The first-order valence-corrected chi connectivity index (χ1v) is 16.1. The van der Waals surface area contributed by atoms with Crippen molar-refractivity contribution in [1.82, 2.24) is 0 Å². The van der Waals surface area contributed by atoms with Crippen LogP contribution in [0.2, 0.25) is 0 Å². The van der Waals surface area contributed by atoms with Crippen molar-refractivity contribution >= 4 is 23.6 Å². The minimum absolute atomic E-state index is 0.00851. The summed E-state index contributed by atoms with van der Waals surface area (Å²) in [6.45, 7) is 17.4. The van der Waals surface area contributed by atoms with Crippen LogP contribution in [0.15, 0.2) is 0 Å². The molecular formula is C24H49BO6P2. The molecule has 33 heavy (non-hydrogen) atoms. The summed E-state index contributed by atoms with van der Waals surface area (Å²) in [7, 11) is 0.476. The van der Waals surface area contributed by atoms with E-state index in [9.17, 15) is 14.6 Å². The Bertz CT molecular complexity index is 657. The zero-order valence-electron chi connectivity index (χ0n) is 22.5. The highest BCUT2D eigenvalue weighted by molar-refractivity contribution is 7.60. The molecule has 0 spiro atoms. The molecule has 6 atom stereocenters. The fourth-order valence-corrected chi connectivity index (χ4v) is 10.3. The predicted molar refractivity (Wildman–Crippen MR) is 139 cm³/mol. The number of ether oxygens (including phenoxy) is 1. The molecular weight excluding hydrogens is 457 g/mol. The lowest BCUT2D eigenvalue weighted by Gasteiger charge is -2.53. The highest BCUT2D eigenvalue weighted by Crippen LogP contribution is 2.69. The van der Waals surface area contributed by atoms with Crippen LogP contribution in [0.1, 0.15) is 113 Å². The van der Waals surface area contributed by atoms with Gasteiger partial charge in [-0.25, -0.2) is 0 Å². The molecule has 0 saturated carbocycles. The average molecular weight is 506 g/mol. The van der Waals surface area contributed by atoms with Gasteiger partial charge in [-0.3, -0.25) is 4.57 Å². The standard InChI is InChI=1S/C24H49BO6P2/c1-10-21(7,18-19-16-17-20(25)29-19)31-33(9,28)23(12-3,13-4)22(8,11-2)30-32(27)24(26,14-5)15-6/h19-20,26-27H,10-18H2,1-9H3/t19?,20-,21?,22?,32?,33?/m1/s1. The van der Waals surface area contributed by atoms with E-state index >= 15 is 0 Å². The third-order valence-electron chi connectivity index (χ3n) is 8.33. The Morgan fingerprint density at radius 1 is 1.00 bits per heavy atom. The van der Waals surface area contributed by atoms with Gasteiger partial charge >= 0.3 is 0 Å². The summed E-state index contributed by atoms with van der Waals surface area (Å²) in [4.78, 5) is 11.0. The quantitative estimate of drug-likeness (QED) is 0.190. The molecule has 1 aliphatic heterocycles. The molecule has 9 heteroatoms. The Morgan fingerprint density at radius 3 is 1.91 bits per heavy atom. The monoisotopic (exact) mass is 506 g/mol. The smallest absolute Gasteiger partial charge is 0.209 e. The number of hydrogen-bond acceptors (Lipinski definition) is 6. The molecule has 2 radical (unpaired) electrons. The van der Waals surface area contributed by atoms with Crippen LogP contribution in [0, 0.1) is 0 Å². The molecule has 1 fully saturated rings. The molecule has 1 heterocycles. The lowest BCUT2D eigenvalue weighted by molar-refractivity contribution is -0.0190. The van der Waals surface area contributed by atoms with Gasteiger partial charge in [0.15, 0.2) is 0 Å². The predicted octanol–water partition coefficient (Wildman–Crippen LogP) is 6.70. The van der Waals surface area contributed by atoms with Crippen LogP contribution in [-0.2, 0) is 18.3 Å². The minimum atomic E-state index is -3.30. The molecule has 1 aliphatic rings. The molecule has 194 valence electrons. The zero-order chi connectivity index (χ0) is 25.7. The van der Waals surface area contributed by atoms with Gasteiger partial charge in [0, 0.05) is 19.1 Å². The second kappa shape index (κ2) is 12.2. The Morgan fingerprint density at radius 2 is 1.55 bits per heavy atom. The normalized spacial score (nSPS) is 26.4. The highest BCUT2D eigenvalue weighted by atomic mass is 31.2. The topological polar surface area (TPSA) is 85.2 Å². The van der Waals surface area contributed by atoms with E-state index in [4.69, 9.17) is 21.6 Å². The van der Waals surface area contributed by atoms with E-state index in [0.717, 1.165) is 12.8 Å². The fraction of sp³-hybridized carbons (Fsp3) is 1.00. The van der Waals surface area contributed by atoms with Gasteiger partial charge in [-0.05, 0) is 65.2 Å². The Labute approximate surface area is 205 Å². The number of rotatable bonds is 15. The zero-order valence-corrected chi connectivity index (χ0v) is 24.3. The summed E-state index contributed by atoms with van der Waals surface area (Å²) in [5.74, 6) is 0. The molecule has 1 rings (SSSR count). The van der Waals surface area contributed by atoms with Crippen LogP contribution in [0.25, 0.3) is 0 Å². The van der Waals surface area contributed by atoms with Gasteiger partial charge in [-0.2, -0.15) is 0 Å². The molecule has 1 saturated heterocycles. The maximum absolute atomic E-state index is 14.6. The maximum Gasteiger partial charge on any atom is 0.209 e. The molecule has 0 aromatic heterocycles. The lowest BCUT2D eigenvalue weighted by atomic mass is 9.82. The van der Waals surface area contributed by atoms with Crippen molar-refractivity contribution in [3.8, 4) is 0 Å². The number of aliphatic hydroxyl groups is 1. The van der Waals surface area contributed by atoms with Crippen molar-refractivity contribution in [3.63, 3.8) is 0 Å². The average Bonchev–Trinajstić information content (AvgIpc) is 3.17. The van der Waals surface area contributed by atoms with Crippen LogP contribution in [-0.4, -0.2) is 58.3 Å². The van der Waals surface area contributed by atoms with E-state index in [1.807, 2.05) is 55.4 Å². The van der Waals surface area contributed by atoms with Gasteiger partial charge in [0.05, 0.1) is 22.5 Å². The largest absolute Gasteiger partial charge is 0.385 e. The first-order chi connectivity index (χ1) is 15.2. The molecule has 6 nitrogen and oxygen atoms in total. The SMILES string of the molecule is [B][C@H]1CCC(CC(C)(CC)OP(C)(=O)C(CC)(CC)C(C)(CC)OP(O)C(O)(CC)CC)O1. The van der Waals surface area contributed by atoms with Crippen molar-refractivity contribution in [2.24, 2.45) is 0 Å². The summed E-state index contributed by atoms with van der Waals surface area (Å²) in [6.07, 6.45) is 5.42. The van der Waals surface area contributed by atoms with Crippen LogP contribution < -0.4 is 0 Å². The Kier molecular flexibility index (Phi) is 11.6. The third kappa shape index (κ3) is 6.65. The van der Waals surface area contributed by atoms with E-state index in [-0.39, 0.29) is 12.1 Å². The number of hydrogen-bond donors (Lipinski definition) is 2. The molecule has 0 aliphatic carbocycles. The van der Waals surface area contributed by atoms with Crippen LogP contribution in [0.3, 0.4) is 0 Å². The fourth-order valence-electron chi connectivity index (χ4n) is 5.40. The molecule has 0 bridgehead atoms. The van der Waals surface area contributed by atoms with E-state index in [1.54, 1.807) is 6.66 Å². The lowest BCUT2D eigenvalue weighted by Crippen LogP contribution is -2.53. The van der Waals surface area contributed by atoms with Gasteiger partial charge in [0.2, 0.25) is 15.7 Å². The Hall–Kier alpha value is 0.525. The minimum Gasteiger partial charge on any atom is -0.385 e.